The van der Waals surface area contributed by atoms with Crippen LogP contribution in [0.1, 0.15) is 38.5 Å². The first-order chi connectivity index (χ1) is 7.77. The second kappa shape index (κ2) is 8.95. The monoisotopic (exact) mass is 292 g/mol. The summed E-state index contributed by atoms with van der Waals surface area (Å²) in [7, 11) is 0. The van der Waals surface area contributed by atoms with E-state index in [1.54, 1.807) is 0 Å². The summed E-state index contributed by atoms with van der Waals surface area (Å²) in [5.41, 5.74) is 2.74. The molecule has 0 bridgehead atoms. The zero-order valence-corrected chi connectivity index (χ0v) is 12.5. The third-order valence-electron chi connectivity index (χ3n) is 3.79. The van der Waals surface area contributed by atoms with Gasteiger partial charge in [-0.1, -0.05) is 25.0 Å². The molecule has 0 aromatic carbocycles. The molecule has 1 nitrogen and oxygen atoms in total. The van der Waals surface area contributed by atoms with Crippen LogP contribution in [0.25, 0.3) is 0 Å². The molecule has 18 heavy (non-hydrogen) atoms. The van der Waals surface area contributed by atoms with E-state index < -0.39 is 0 Å². The summed E-state index contributed by atoms with van der Waals surface area (Å²) >= 11 is 0. The molecule has 1 unspecified atom stereocenters. The van der Waals surface area contributed by atoms with Gasteiger partial charge in [-0.2, -0.15) is 12.3 Å². The van der Waals surface area contributed by atoms with Crippen LogP contribution in [0.2, 0.25) is 0 Å². The van der Waals surface area contributed by atoms with Crippen molar-refractivity contribution in [3.05, 3.63) is 38.2 Å². The molecule has 2 rings (SSSR count). The average Bonchev–Trinajstić information content (AvgIpc) is 2.67. The molecule has 1 saturated heterocycles. The zero-order chi connectivity index (χ0) is 11.4. The minimum atomic E-state index is 0. The fraction of sp³-hybridized carbons (Fsp3) is 0.625. The molecular formula is C16H25CoO. The third kappa shape index (κ3) is 4.91. The van der Waals surface area contributed by atoms with Crippen LogP contribution >= 0.6 is 0 Å². The van der Waals surface area contributed by atoms with Crippen molar-refractivity contribution in [3.63, 3.8) is 0 Å². The van der Waals surface area contributed by atoms with E-state index in [0.29, 0.717) is 5.92 Å². The molecule has 0 aromatic heterocycles. The van der Waals surface area contributed by atoms with Gasteiger partial charge in [0.05, 0.1) is 0 Å². The molecule has 0 amide bonds. The summed E-state index contributed by atoms with van der Waals surface area (Å²) in [4.78, 5) is 0. The molecule has 2 fully saturated rings. The van der Waals surface area contributed by atoms with Crippen LogP contribution in [0.4, 0.5) is 0 Å². The van der Waals surface area contributed by atoms with Crippen LogP contribution < -0.4 is 0 Å². The van der Waals surface area contributed by atoms with Crippen LogP contribution in [-0.2, 0) is 21.5 Å². The van der Waals surface area contributed by atoms with E-state index in [0.717, 1.165) is 25.6 Å². The van der Waals surface area contributed by atoms with Gasteiger partial charge >= 0.3 is 16.8 Å². The van der Waals surface area contributed by atoms with Crippen LogP contribution in [-0.4, -0.2) is 13.2 Å². The normalized spacial score (nSPS) is 29.8. The summed E-state index contributed by atoms with van der Waals surface area (Å²) in [5, 5.41) is 0. The van der Waals surface area contributed by atoms with Crippen molar-refractivity contribution in [3.8, 4) is 0 Å². The molecule has 0 aromatic rings. The number of ether oxygens (including phenoxy) is 1. The minimum absolute atomic E-state index is 0. The van der Waals surface area contributed by atoms with Gasteiger partial charge in [0.25, 0.3) is 0 Å². The maximum absolute atomic E-state index is 5.35. The zero-order valence-electron chi connectivity index (χ0n) is 11.5. The summed E-state index contributed by atoms with van der Waals surface area (Å²) in [5.74, 6) is 1.09. The summed E-state index contributed by atoms with van der Waals surface area (Å²) < 4.78 is 5.35. The Morgan fingerprint density at radius 3 is 2.78 bits per heavy atom. The second-order valence-electron chi connectivity index (χ2n) is 5.05. The summed E-state index contributed by atoms with van der Waals surface area (Å²) in [6.07, 6.45) is 11.0. The summed E-state index contributed by atoms with van der Waals surface area (Å²) in [6.45, 7) is 9.77. The SMILES string of the molecule is C=C1CCCC[C@H]1CC[C-]=C1COCC1[CH2-].[CH3-].[Co+3]. The third-order valence-corrected chi connectivity index (χ3v) is 3.79. The molecule has 1 aliphatic carbocycles. The van der Waals surface area contributed by atoms with E-state index in [1.165, 1.54) is 43.3 Å². The largest absolute Gasteiger partial charge is 3.00 e. The number of hydrogen-bond donors (Lipinski definition) is 0. The van der Waals surface area contributed by atoms with Crippen molar-refractivity contribution in [2.75, 3.05) is 13.2 Å². The Balaban J connectivity index is 0.00000144. The first-order valence-corrected chi connectivity index (χ1v) is 6.45. The minimum Gasteiger partial charge on any atom is -0.497 e. The van der Waals surface area contributed by atoms with Crippen molar-refractivity contribution < 1.29 is 21.5 Å². The van der Waals surface area contributed by atoms with E-state index >= 15 is 0 Å². The Hall–Kier alpha value is -0.0535. The molecular weight excluding hydrogens is 267 g/mol. The molecule has 2 atom stereocenters. The van der Waals surface area contributed by atoms with Crippen LogP contribution in [0.15, 0.2) is 17.7 Å². The van der Waals surface area contributed by atoms with Crippen molar-refractivity contribution in [2.24, 2.45) is 11.8 Å². The van der Waals surface area contributed by atoms with E-state index in [2.05, 4.69) is 19.6 Å². The Bertz CT molecular complexity index is 283. The van der Waals surface area contributed by atoms with Gasteiger partial charge < -0.3 is 25.2 Å². The molecule has 104 valence electrons. The van der Waals surface area contributed by atoms with Gasteiger partial charge in [-0.05, 0) is 25.2 Å². The smallest absolute Gasteiger partial charge is 0.497 e. The van der Waals surface area contributed by atoms with Gasteiger partial charge in [-0.15, -0.1) is 0 Å². The maximum atomic E-state index is 5.35. The molecule has 1 heterocycles. The number of allylic oxidation sites excluding steroid dienone is 2. The van der Waals surface area contributed by atoms with Gasteiger partial charge in [-0.3, -0.25) is 5.57 Å². The van der Waals surface area contributed by atoms with Gasteiger partial charge in [0, 0.05) is 13.2 Å². The van der Waals surface area contributed by atoms with E-state index in [4.69, 9.17) is 4.74 Å². The van der Waals surface area contributed by atoms with Gasteiger partial charge in [-0.25, -0.2) is 0 Å². The fourth-order valence-corrected chi connectivity index (χ4v) is 2.63. The van der Waals surface area contributed by atoms with E-state index in [-0.39, 0.29) is 24.2 Å². The first kappa shape index (κ1) is 17.9. The van der Waals surface area contributed by atoms with Crippen molar-refractivity contribution >= 4 is 0 Å². The molecule has 1 saturated carbocycles. The quantitative estimate of drug-likeness (QED) is 0.560. The van der Waals surface area contributed by atoms with Crippen LogP contribution in [0.5, 0.6) is 0 Å². The molecule has 1 aliphatic heterocycles. The van der Waals surface area contributed by atoms with Crippen molar-refractivity contribution in [1.82, 2.24) is 0 Å². The average molecular weight is 292 g/mol. The molecule has 0 radical (unpaired) electrons. The first-order valence-electron chi connectivity index (χ1n) is 6.45. The molecule has 0 spiro atoms. The van der Waals surface area contributed by atoms with Crippen molar-refractivity contribution in [1.29, 1.82) is 0 Å². The van der Waals surface area contributed by atoms with Crippen LogP contribution in [0.3, 0.4) is 0 Å². The Morgan fingerprint density at radius 1 is 1.39 bits per heavy atom. The van der Waals surface area contributed by atoms with Gasteiger partial charge in [0.15, 0.2) is 0 Å². The fourth-order valence-electron chi connectivity index (χ4n) is 2.63. The molecule has 2 aliphatic rings. The van der Waals surface area contributed by atoms with E-state index in [1.807, 2.05) is 0 Å². The Kier molecular flexibility index (Phi) is 8.92. The van der Waals surface area contributed by atoms with Gasteiger partial charge in [0.1, 0.15) is 0 Å². The van der Waals surface area contributed by atoms with Crippen molar-refractivity contribution in [2.45, 2.75) is 38.5 Å². The van der Waals surface area contributed by atoms with Gasteiger partial charge in [0.2, 0.25) is 0 Å². The Labute approximate surface area is 123 Å². The standard InChI is InChI=1S/C15H22O.CH3.Co/c1-12-6-3-4-7-14(12)8-5-9-15-11-16-10-13(15)2;;/h13-14H,1-8,10-11H2;1H3;/q-2;-1;+3/t13?,14-;;/m0../s1. The topological polar surface area (TPSA) is 9.23 Å². The second-order valence-corrected chi connectivity index (χ2v) is 5.05. The predicted octanol–water partition coefficient (Wildman–Crippen LogP) is 4.17. The summed E-state index contributed by atoms with van der Waals surface area (Å²) in [6, 6.07) is 0. The number of hydrogen-bond acceptors (Lipinski definition) is 1. The molecule has 0 N–H and O–H groups in total. The van der Waals surface area contributed by atoms with Crippen LogP contribution in [0, 0.1) is 32.3 Å². The van der Waals surface area contributed by atoms with E-state index in [9.17, 15) is 0 Å². The molecule has 2 heteroatoms. The maximum Gasteiger partial charge on any atom is 3.00 e. The Morgan fingerprint density at radius 2 is 2.17 bits per heavy atom. The number of rotatable bonds is 3. The predicted molar refractivity (Wildman–Crippen MR) is 73.2 cm³/mol.